The van der Waals surface area contributed by atoms with Crippen LogP contribution in [0.4, 0.5) is 0 Å². The number of ether oxygens (including phenoxy) is 1. The summed E-state index contributed by atoms with van der Waals surface area (Å²) < 4.78 is 5.25. The Labute approximate surface area is 157 Å². The minimum atomic E-state index is -1.06. The number of carboxylic acid groups (broad SMARTS) is 2. The summed E-state index contributed by atoms with van der Waals surface area (Å²) in [4.78, 5) is 33.4. The van der Waals surface area contributed by atoms with E-state index in [-0.39, 0.29) is 32.1 Å². The molecule has 0 aliphatic rings. The molecule has 0 aliphatic heterocycles. The molecular weight excluding hydrogens is 348 g/mol. The van der Waals surface area contributed by atoms with Gasteiger partial charge in [-0.3, -0.25) is 14.4 Å². The van der Waals surface area contributed by atoms with Gasteiger partial charge in [-0.05, 0) is 23.1 Å². The van der Waals surface area contributed by atoms with Gasteiger partial charge < -0.3 is 14.9 Å². The maximum absolute atomic E-state index is 11.8. The van der Waals surface area contributed by atoms with Gasteiger partial charge in [-0.1, -0.05) is 54.6 Å². The molecule has 0 radical (unpaired) electrons. The second-order valence-electron chi connectivity index (χ2n) is 6.22. The van der Waals surface area contributed by atoms with E-state index in [2.05, 4.69) is 0 Å². The summed E-state index contributed by atoms with van der Waals surface area (Å²) in [5.74, 6) is -2.62. The Morgan fingerprint density at radius 2 is 1.44 bits per heavy atom. The van der Waals surface area contributed by atoms with Crippen LogP contribution >= 0.6 is 0 Å². The number of carbonyl (C=O) groups is 3. The maximum atomic E-state index is 11.8. The smallest absolute Gasteiger partial charge is 0.307 e. The van der Waals surface area contributed by atoms with Crippen molar-refractivity contribution in [1.29, 1.82) is 0 Å². The highest BCUT2D eigenvalue weighted by atomic mass is 16.5. The number of carbonyl (C=O) groups excluding carboxylic acids is 1. The van der Waals surface area contributed by atoms with Crippen LogP contribution in [0.15, 0.2) is 54.6 Å². The van der Waals surface area contributed by atoms with E-state index in [0.29, 0.717) is 0 Å². The van der Waals surface area contributed by atoms with Crippen LogP contribution in [0.1, 0.15) is 31.2 Å². The minimum Gasteiger partial charge on any atom is -0.481 e. The summed E-state index contributed by atoms with van der Waals surface area (Å²) in [7, 11) is 0. The Bertz CT molecular complexity index is 767. The van der Waals surface area contributed by atoms with Gasteiger partial charge in [0.15, 0.2) is 0 Å². The van der Waals surface area contributed by atoms with E-state index < -0.39 is 24.0 Å². The lowest BCUT2D eigenvalue weighted by molar-refractivity contribution is -0.152. The SMILES string of the molecule is O=C(O)CCCC(=O)OC(CC(=O)O)Cc1ccc(-c2ccccc2)cc1. The topological polar surface area (TPSA) is 101 Å². The van der Waals surface area contributed by atoms with Gasteiger partial charge in [0.05, 0.1) is 6.42 Å². The fourth-order valence-corrected chi connectivity index (χ4v) is 2.71. The number of esters is 1. The molecule has 142 valence electrons. The molecule has 0 aliphatic carbocycles. The molecule has 2 rings (SSSR count). The summed E-state index contributed by atoms with van der Waals surface area (Å²) >= 11 is 0. The van der Waals surface area contributed by atoms with Crippen LogP contribution in [0.2, 0.25) is 0 Å². The van der Waals surface area contributed by atoms with Crippen LogP contribution in [0.25, 0.3) is 11.1 Å². The minimum absolute atomic E-state index is 0.0463. The van der Waals surface area contributed by atoms with Gasteiger partial charge in [-0.15, -0.1) is 0 Å². The highest BCUT2D eigenvalue weighted by molar-refractivity contribution is 5.73. The Balaban J connectivity index is 1.97. The van der Waals surface area contributed by atoms with Crippen molar-refractivity contribution in [2.75, 3.05) is 0 Å². The number of aliphatic carboxylic acids is 2. The van der Waals surface area contributed by atoms with Gasteiger partial charge in [-0.2, -0.15) is 0 Å². The van der Waals surface area contributed by atoms with Crippen molar-refractivity contribution in [3.8, 4) is 11.1 Å². The summed E-state index contributed by atoms with van der Waals surface area (Å²) in [6.07, 6.45) is -0.811. The van der Waals surface area contributed by atoms with Gasteiger partial charge in [-0.25, -0.2) is 0 Å². The fourth-order valence-electron chi connectivity index (χ4n) is 2.71. The lowest BCUT2D eigenvalue weighted by atomic mass is 10.0. The second kappa shape index (κ2) is 10.1. The van der Waals surface area contributed by atoms with Crippen molar-refractivity contribution >= 4 is 17.9 Å². The average molecular weight is 370 g/mol. The van der Waals surface area contributed by atoms with E-state index in [0.717, 1.165) is 16.7 Å². The molecule has 0 heterocycles. The second-order valence-corrected chi connectivity index (χ2v) is 6.22. The number of carboxylic acids is 2. The molecule has 0 spiro atoms. The van der Waals surface area contributed by atoms with E-state index >= 15 is 0 Å². The lowest BCUT2D eigenvalue weighted by Crippen LogP contribution is -2.24. The molecule has 27 heavy (non-hydrogen) atoms. The van der Waals surface area contributed by atoms with Crippen LogP contribution in [-0.4, -0.2) is 34.2 Å². The first-order chi connectivity index (χ1) is 12.9. The van der Waals surface area contributed by atoms with Crippen molar-refractivity contribution in [2.45, 2.75) is 38.2 Å². The average Bonchev–Trinajstić information content (AvgIpc) is 2.62. The zero-order valence-electron chi connectivity index (χ0n) is 14.8. The third kappa shape index (κ3) is 7.32. The van der Waals surface area contributed by atoms with Crippen molar-refractivity contribution in [3.63, 3.8) is 0 Å². The zero-order valence-corrected chi connectivity index (χ0v) is 14.8. The first-order valence-electron chi connectivity index (χ1n) is 8.71. The highest BCUT2D eigenvalue weighted by Gasteiger charge is 2.19. The van der Waals surface area contributed by atoms with Crippen molar-refractivity contribution < 1.29 is 29.3 Å². The summed E-state index contributed by atoms with van der Waals surface area (Å²) in [5.41, 5.74) is 2.98. The molecule has 0 fully saturated rings. The van der Waals surface area contributed by atoms with Gasteiger partial charge >= 0.3 is 17.9 Å². The molecule has 2 aromatic rings. The van der Waals surface area contributed by atoms with Gasteiger partial charge in [0.25, 0.3) is 0 Å². The Hall–Kier alpha value is -3.15. The molecule has 2 aromatic carbocycles. The molecule has 0 aromatic heterocycles. The largest absolute Gasteiger partial charge is 0.481 e. The monoisotopic (exact) mass is 370 g/mol. The predicted molar refractivity (Wildman–Crippen MR) is 99.2 cm³/mol. The molecule has 2 N–H and O–H groups in total. The van der Waals surface area contributed by atoms with Crippen molar-refractivity contribution in [3.05, 3.63) is 60.2 Å². The molecule has 0 bridgehead atoms. The van der Waals surface area contributed by atoms with E-state index in [4.69, 9.17) is 14.9 Å². The molecule has 1 unspecified atom stereocenters. The molecule has 0 saturated carbocycles. The lowest BCUT2D eigenvalue weighted by Gasteiger charge is -2.16. The van der Waals surface area contributed by atoms with E-state index in [1.807, 2.05) is 54.6 Å². The standard InChI is InChI=1S/C21H22O6/c22-19(23)7-4-8-21(26)27-18(14-20(24)25)13-15-9-11-17(12-10-15)16-5-2-1-3-6-16/h1-3,5-6,9-12,18H,4,7-8,13-14H2,(H,22,23)(H,24,25). The number of benzene rings is 2. The first kappa shape index (κ1) is 20.2. The molecule has 0 saturated heterocycles. The maximum Gasteiger partial charge on any atom is 0.307 e. The third-order valence-electron chi connectivity index (χ3n) is 4.00. The van der Waals surface area contributed by atoms with Crippen LogP contribution in [0.5, 0.6) is 0 Å². The van der Waals surface area contributed by atoms with Crippen LogP contribution in [-0.2, 0) is 25.5 Å². The summed E-state index contributed by atoms with van der Waals surface area (Å²) in [6.45, 7) is 0. The van der Waals surface area contributed by atoms with Gasteiger partial charge in [0.1, 0.15) is 6.10 Å². The Kier molecular flexibility index (Phi) is 7.55. The van der Waals surface area contributed by atoms with Crippen LogP contribution in [0, 0.1) is 0 Å². The van der Waals surface area contributed by atoms with E-state index in [1.54, 1.807) is 0 Å². The number of rotatable bonds is 10. The summed E-state index contributed by atoms with van der Waals surface area (Å²) in [6, 6.07) is 17.5. The van der Waals surface area contributed by atoms with Crippen molar-refractivity contribution in [2.24, 2.45) is 0 Å². The van der Waals surface area contributed by atoms with Crippen molar-refractivity contribution in [1.82, 2.24) is 0 Å². The highest BCUT2D eigenvalue weighted by Crippen LogP contribution is 2.20. The number of hydrogen-bond donors (Lipinski definition) is 2. The fraction of sp³-hybridized carbons (Fsp3) is 0.286. The molecule has 6 heteroatoms. The molecule has 1 atom stereocenters. The van der Waals surface area contributed by atoms with Gasteiger partial charge in [0.2, 0.25) is 0 Å². The normalized spacial score (nSPS) is 11.6. The molecule has 0 amide bonds. The van der Waals surface area contributed by atoms with E-state index in [9.17, 15) is 14.4 Å². The Morgan fingerprint density at radius 3 is 2.04 bits per heavy atom. The zero-order chi connectivity index (χ0) is 19.6. The Morgan fingerprint density at radius 1 is 0.815 bits per heavy atom. The van der Waals surface area contributed by atoms with E-state index in [1.165, 1.54) is 0 Å². The van der Waals surface area contributed by atoms with Crippen LogP contribution < -0.4 is 0 Å². The third-order valence-corrected chi connectivity index (χ3v) is 4.00. The summed E-state index contributed by atoms with van der Waals surface area (Å²) in [5, 5.41) is 17.6. The molecular formula is C21H22O6. The van der Waals surface area contributed by atoms with Crippen LogP contribution in [0.3, 0.4) is 0 Å². The quantitative estimate of drug-likeness (QED) is 0.621. The first-order valence-corrected chi connectivity index (χ1v) is 8.71. The predicted octanol–water partition coefficient (Wildman–Crippen LogP) is 3.54. The van der Waals surface area contributed by atoms with Gasteiger partial charge in [0, 0.05) is 19.3 Å². The molecule has 6 nitrogen and oxygen atoms in total. The number of hydrogen-bond acceptors (Lipinski definition) is 4.